The highest BCUT2D eigenvalue weighted by Gasteiger charge is 2.17. The van der Waals surface area contributed by atoms with Crippen LogP contribution in [0.25, 0.3) is 11.3 Å². The number of hydrogen-bond donors (Lipinski definition) is 1. The average Bonchev–Trinajstić information content (AvgIpc) is 3.24. The maximum absolute atomic E-state index is 14.8. The number of carbonyl (C=O) groups excluding carboxylic acids is 1. The van der Waals surface area contributed by atoms with Crippen LogP contribution in [0.15, 0.2) is 65.8 Å². The van der Waals surface area contributed by atoms with E-state index in [0.717, 1.165) is 18.2 Å². The van der Waals surface area contributed by atoms with Crippen molar-refractivity contribution in [3.63, 3.8) is 0 Å². The number of benzene rings is 2. The van der Waals surface area contributed by atoms with E-state index in [1.807, 2.05) is 0 Å². The molecule has 0 atom stereocenters. The third kappa shape index (κ3) is 4.36. The molecule has 2 aromatic carbocycles. The van der Waals surface area contributed by atoms with Gasteiger partial charge in [0.2, 0.25) is 11.1 Å². The summed E-state index contributed by atoms with van der Waals surface area (Å²) in [6.07, 6.45) is 4.41. The molecule has 1 amide bonds. The summed E-state index contributed by atoms with van der Waals surface area (Å²) in [5.74, 6) is -1.82. The number of carbonyl (C=O) groups is 1. The van der Waals surface area contributed by atoms with Crippen molar-refractivity contribution in [1.29, 1.82) is 0 Å². The molecule has 3 aromatic heterocycles. The lowest BCUT2D eigenvalue weighted by atomic mass is 10.2. The molecule has 0 unspecified atom stereocenters. The van der Waals surface area contributed by atoms with Crippen molar-refractivity contribution in [1.82, 2.24) is 29.4 Å². The highest BCUT2D eigenvalue weighted by molar-refractivity contribution is 6.30. The van der Waals surface area contributed by atoms with Crippen LogP contribution in [0.5, 0.6) is 11.6 Å². The first-order chi connectivity index (χ1) is 17.3. The summed E-state index contributed by atoms with van der Waals surface area (Å²) in [6, 6.07) is 8.61. The standard InChI is InChI=1S/C23H14ClF2N7O3/c1-12-29-30-21-23(27-7-9-32(12)21)36-19-5-2-13(10-17(19)26)28-22(35)20-18(34)6-8-33(31-20)14-3-4-16(25)15(24)11-14/h2-11H,1H3,(H,28,35). The second-order valence-electron chi connectivity index (χ2n) is 7.45. The van der Waals surface area contributed by atoms with Gasteiger partial charge in [-0.25, -0.2) is 18.4 Å². The van der Waals surface area contributed by atoms with E-state index in [-0.39, 0.29) is 22.3 Å². The van der Waals surface area contributed by atoms with E-state index < -0.39 is 28.7 Å². The summed E-state index contributed by atoms with van der Waals surface area (Å²) in [7, 11) is 0. The van der Waals surface area contributed by atoms with Gasteiger partial charge in [0.1, 0.15) is 11.6 Å². The smallest absolute Gasteiger partial charge is 0.280 e. The Morgan fingerprint density at radius 1 is 1.06 bits per heavy atom. The zero-order valence-electron chi connectivity index (χ0n) is 18.3. The molecule has 36 heavy (non-hydrogen) atoms. The van der Waals surface area contributed by atoms with Gasteiger partial charge in [-0.2, -0.15) is 5.10 Å². The number of nitrogens with one attached hydrogen (secondary N) is 1. The van der Waals surface area contributed by atoms with Crippen molar-refractivity contribution in [2.24, 2.45) is 0 Å². The molecule has 0 fully saturated rings. The first kappa shape index (κ1) is 23.1. The molecule has 0 bridgehead atoms. The maximum Gasteiger partial charge on any atom is 0.280 e. The van der Waals surface area contributed by atoms with Crippen LogP contribution in [0.1, 0.15) is 16.3 Å². The minimum Gasteiger partial charge on any atom is -0.433 e. The molecule has 0 radical (unpaired) electrons. The average molecular weight is 510 g/mol. The number of aromatic nitrogens is 6. The van der Waals surface area contributed by atoms with Gasteiger partial charge in [0, 0.05) is 36.4 Å². The highest BCUT2D eigenvalue weighted by atomic mass is 35.5. The number of halogens is 3. The van der Waals surface area contributed by atoms with Crippen LogP contribution >= 0.6 is 11.6 Å². The van der Waals surface area contributed by atoms with E-state index >= 15 is 0 Å². The summed E-state index contributed by atoms with van der Waals surface area (Å²) >= 11 is 5.80. The topological polar surface area (TPSA) is 116 Å². The molecule has 0 aliphatic heterocycles. The van der Waals surface area contributed by atoms with Crippen LogP contribution in [0, 0.1) is 18.6 Å². The normalized spacial score (nSPS) is 11.0. The van der Waals surface area contributed by atoms with E-state index in [9.17, 15) is 18.4 Å². The summed E-state index contributed by atoms with van der Waals surface area (Å²) in [6.45, 7) is 1.74. The number of hydrogen-bond acceptors (Lipinski definition) is 7. The molecular weight excluding hydrogens is 496 g/mol. The number of ether oxygens (including phenoxy) is 1. The van der Waals surface area contributed by atoms with Crippen LogP contribution in [-0.2, 0) is 0 Å². The maximum atomic E-state index is 14.8. The van der Waals surface area contributed by atoms with Crippen molar-refractivity contribution < 1.29 is 18.3 Å². The molecule has 0 saturated carbocycles. The number of fused-ring (bicyclic) bond motifs is 1. The lowest BCUT2D eigenvalue weighted by Gasteiger charge is -2.10. The first-order valence-electron chi connectivity index (χ1n) is 10.3. The first-order valence-corrected chi connectivity index (χ1v) is 10.7. The lowest BCUT2D eigenvalue weighted by Crippen LogP contribution is -2.25. The molecule has 10 nitrogen and oxygen atoms in total. The van der Waals surface area contributed by atoms with E-state index in [1.165, 1.54) is 41.3 Å². The summed E-state index contributed by atoms with van der Waals surface area (Å²) in [5.41, 5.74) is -0.442. The monoisotopic (exact) mass is 509 g/mol. The fraction of sp³-hybridized carbons (Fsp3) is 0.0435. The third-order valence-corrected chi connectivity index (χ3v) is 5.34. The summed E-state index contributed by atoms with van der Waals surface area (Å²) in [4.78, 5) is 29.0. The molecule has 1 N–H and O–H groups in total. The molecule has 13 heteroatoms. The highest BCUT2D eigenvalue weighted by Crippen LogP contribution is 2.28. The van der Waals surface area contributed by atoms with Crippen LogP contribution in [-0.4, -0.2) is 35.3 Å². The molecule has 0 saturated heterocycles. The predicted molar refractivity (Wildman–Crippen MR) is 125 cm³/mol. The van der Waals surface area contributed by atoms with Crippen molar-refractivity contribution >= 4 is 28.8 Å². The van der Waals surface area contributed by atoms with Gasteiger partial charge in [-0.3, -0.25) is 14.0 Å². The predicted octanol–water partition coefficient (Wildman–Crippen LogP) is 3.95. The van der Waals surface area contributed by atoms with Gasteiger partial charge in [-0.1, -0.05) is 11.6 Å². The Labute approximate surface area is 205 Å². The second-order valence-corrected chi connectivity index (χ2v) is 7.85. The fourth-order valence-corrected chi connectivity index (χ4v) is 3.46. The number of amides is 1. The minimum atomic E-state index is -0.874. The molecule has 0 aliphatic rings. The van der Waals surface area contributed by atoms with Gasteiger partial charge in [-0.15, -0.1) is 10.2 Å². The Hall–Kier alpha value is -4.71. The molecule has 5 aromatic rings. The Bertz CT molecular complexity index is 1700. The number of rotatable bonds is 5. The summed E-state index contributed by atoms with van der Waals surface area (Å²) < 4.78 is 36.6. The largest absolute Gasteiger partial charge is 0.433 e. The van der Waals surface area contributed by atoms with Crippen LogP contribution in [0.3, 0.4) is 0 Å². The molecule has 3 heterocycles. The zero-order valence-corrected chi connectivity index (χ0v) is 19.1. The van der Waals surface area contributed by atoms with Crippen molar-refractivity contribution in [3.8, 4) is 17.3 Å². The van der Waals surface area contributed by atoms with Gasteiger partial charge in [0.25, 0.3) is 11.8 Å². The summed E-state index contributed by atoms with van der Waals surface area (Å²) in [5, 5.41) is 14.2. The Morgan fingerprint density at radius 3 is 2.67 bits per heavy atom. The molecule has 180 valence electrons. The van der Waals surface area contributed by atoms with Crippen LogP contribution < -0.4 is 15.5 Å². The van der Waals surface area contributed by atoms with Gasteiger partial charge < -0.3 is 10.1 Å². The Morgan fingerprint density at radius 2 is 1.89 bits per heavy atom. The van der Waals surface area contributed by atoms with Crippen molar-refractivity contribution in [3.05, 3.63) is 99.5 Å². The van der Waals surface area contributed by atoms with Gasteiger partial charge in [0.05, 0.1) is 10.7 Å². The van der Waals surface area contributed by atoms with Crippen LogP contribution in [0.2, 0.25) is 5.02 Å². The zero-order chi connectivity index (χ0) is 25.4. The van der Waals surface area contributed by atoms with E-state index in [2.05, 4.69) is 25.6 Å². The molecule has 5 rings (SSSR count). The minimum absolute atomic E-state index is 0.0451. The third-order valence-electron chi connectivity index (χ3n) is 5.05. The Balaban J connectivity index is 1.37. The Kier molecular flexibility index (Phi) is 5.86. The second kappa shape index (κ2) is 9.15. The van der Waals surface area contributed by atoms with Gasteiger partial charge >= 0.3 is 0 Å². The van der Waals surface area contributed by atoms with Crippen molar-refractivity contribution in [2.45, 2.75) is 6.92 Å². The van der Waals surface area contributed by atoms with Gasteiger partial charge in [0.15, 0.2) is 17.3 Å². The lowest BCUT2D eigenvalue weighted by molar-refractivity contribution is 0.101. The number of nitrogens with zero attached hydrogens (tertiary/aromatic N) is 6. The van der Waals surface area contributed by atoms with E-state index in [0.29, 0.717) is 17.2 Å². The van der Waals surface area contributed by atoms with Gasteiger partial charge in [-0.05, 0) is 37.3 Å². The quantitative estimate of drug-likeness (QED) is 0.381. The van der Waals surface area contributed by atoms with Crippen molar-refractivity contribution in [2.75, 3.05) is 5.32 Å². The van der Waals surface area contributed by atoms with E-state index in [1.54, 1.807) is 17.5 Å². The number of anilines is 1. The fourth-order valence-electron chi connectivity index (χ4n) is 3.28. The molecule has 0 aliphatic carbocycles. The molecule has 0 spiro atoms. The van der Waals surface area contributed by atoms with E-state index in [4.69, 9.17) is 16.3 Å². The SMILES string of the molecule is Cc1nnc2c(Oc3ccc(NC(=O)c4nn(-c5ccc(F)c(Cl)c5)ccc4=O)cc3F)nccn12. The van der Waals surface area contributed by atoms with Crippen LogP contribution in [0.4, 0.5) is 14.5 Å². The number of aryl methyl sites for hydroxylation is 1. The molecular formula is C23H14ClF2N7O3.